The van der Waals surface area contributed by atoms with Gasteiger partial charge in [0.2, 0.25) is 5.91 Å². The summed E-state index contributed by atoms with van der Waals surface area (Å²) in [5, 5.41) is 2.58. The van der Waals surface area contributed by atoms with Crippen LogP contribution in [0.1, 0.15) is 20.3 Å². The number of anilines is 1. The monoisotopic (exact) mass is 299 g/mol. The molecular formula is C15H21F2N2O2+. The Bertz CT molecular complexity index is 500. The van der Waals surface area contributed by atoms with Gasteiger partial charge in [-0.2, -0.15) is 0 Å². The lowest BCUT2D eigenvalue weighted by Crippen LogP contribution is -3.15. The molecule has 1 aromatic carbocycles. The standard InChI is InChI=1S/C15H20F2N2O2/c1-10-8-19(9-11(2)21-10)6-5-15(20)18-12-3-4-13(16)14(17)7-12/h3-4,7,10-11H,5-6,8-9H2,1-2H3,(H,18,20)/p+1/t10-,11-/m1/s1. The highest BCUT2D eigenvalue weighted by atomic mass is 19.2. The van der Waals surface area contributed by atoms with E-state index in [2.05, 4.69) is 5.32 Å². The largest absolute Gasteiger partial charge is 0.364 e. The number of halogens is 2. The van der Waals surface area contributed by atoms with E-state index in [1.807, 2.05) is 13.8 Å². The van der Waals surface area contributed by atoms with Crippen LogP contribution in [-0.4, -0.2) is 37.7 Å². The molecule has 0 bridgehead atoms. The van der Waals surface area contributed by atoms with E-state index < -0.39 is 11.6 Å². The number of ether oxygens (including phenoxy) is 1. The molecule has 1 aliphatic rings. The van der Waals surface area contributed by atoms with Gasteiger partial charge in [0.15, 0.2) is 11.6 Å². The normalized spacial score (nSPS) is 25.6. The minimum atomic E-state index is -0.964. The van der Waals surface area contributed by atoms with Crippen LogP contribution in [0.25, 0.3) is 0 Å². The lowest BCUT2D eigenvalue weighted by Gasteiger charge is -2.32. The number of carbonyl (C=O) groups excluding carboxylic acids is 1. The Labute approximate surface area is 123 Å². The van der Waals surface area contributed by atoms with Gasteiger partial charge in [0.1, 0.15) is 25.3 Å². The van der Waals surface area contributed by atoms with Gasteiger partial charge >= 0.3 is 0 Å². The van der Waals surface area contributed by atoms with Crippen LogP contribution in [0.3, 0.4) is 0 Å². The van der Waals surface area contributed by atoms with Crippen LogP contribution >= 0.6 is 0 Å². The highest BCUT2D eigenvalue weighted by molar-refractivity contribution is 5.90. The van der Waals surface area contributed by atoms with Crippen molar-refractivity contribution in [1.82, 2.24) is 0 Å². The predicted octanol–water partition coefficient (Wildman–Crippen LogP) is 0.985. The van der Waals surface area contributed by atoms with Gasteiger partial charge in [0.05, 0.1) is 13.0 Å². The summed E-state index contributed by atoms with van der Waals surface area (Å²) < 4.78 is 31.5. The molecule has 21 heavy (non-hydrogen) atoms. The van der Waals surface area contributed by atoms with Crippen molar-refractivity contribution in [3.63, 3.8) is 0 Å². The molecule has 1 amide bonds. The first-order chi connectivity index (χ1) is 9.94. The van der Waals surface area contributed by atoms with E-state index in [4.69, 9.17) is 4.74 Å². The van der Waals surface area contributed by atoms with Crippen molar-refractivity contribution in [2.45, 2.75) is 32.5 Å². The van der Waals surface area contributed by atoms with Gasteiger partial charge in [-0.25, -0.2) is 8.78 Å². The number of quaternary nitrogens is 1. The number of nitrogens with one attached hydrogen (secondary N) is 2. The molecule has 0 unspecified atom stereocenters. The molecule has 116 valence electrons. The first-order valence-electron chi connectivity index (χ1n) is 7.18. The summed E-state index contributed by atoms with van der Waals surface area (Å²) in [6.07, 6.45) is 0.726. The van der Waals surface area contributed by atoms with E-state index >= 15 is 0 Å². The molecule has 4 nitrogen and oxygen atoms in total. The molecular weight excluding hydrogens is 278 g/mol. The van der Waals surface area contributed by atoms with Crippen molar-refractivity contribution < 1.29 is 23.2 Å². The maximum atomic E-state index is 13.0. The predicted molar refractivity (Wildman–Crippen MR) is 75.2 cm³/mol. The Morgan fingerprint density at radius 1 is 1.29 bits per heavy atom. The second kappa shape index (κ2) is 6.95. The molecule has 2 rings (SSSR count). The Morgan fingerprint density at radius 2 is 1.95 bits per heavy atom. The van der Waals surface area contributed by atoms with E-state index in [0.29, 0.717) is 13.0 Å². The van der Waals surface area contributed by atoms with Gasteiger partial charge in [0, 0.05) is 11.8 Å². The summed E-state index contributed by atoms with van der Waals surface area (Å²) >= 11 is 0. The van der Waals surface area contributed by atoms with Crippen LogP contribution in [-0.2, 0) is 9.53 Å². The topological polar surface area (TPSA) is 42.8 Å². The zero-order valence-electron chi connectivity index (χ0n) is 12.3. The molecule has 1 aromatic rings. The average molecular weight is 299 g/mol. The maximum Gasteiger partial charge on any atom is 0.230 e. The first-order valence-corrected chi connectivity index (χ1v) is 7.18. The fourth-order valence-electron chi connectivity index (χ4n) is 2.68. The highest BCUT2D eigenvalue weighted by Crippen LogP contribution is 2.13. The van der Waals surface area contributed by atoms with Crippen molar-refractivity contribution in [2.75, 3.05) is 25.0 Å². The molecule has 2 atom stereocenters. The quantitative estimate of drug-likeness (QED) is 0.870. The Morgan fingerprint density at radius 3 is 2.57 bits per heavy atom. The lowest BCUT2D eigenvalue weighted by molar-refractivity contribution is -0.914. The molecule has 2 N–H and O–H groups in total. The van der Waals surface area contributed by atoms with Crippen molar-refractivity contribution in [1.29, 1.82) is 0 Å². The smallest absolute Gasteiger partial charge is 0.230 e. The van der Waals surface area contributed by atoms with E-state index in [9.17, 15) is 13.6 Å². The minimum absolute atomic E-state index is 0.193. The van der Waals surface area contributed by atoms with Gasteiger partial charge in [0.25, 0.3) is 0 Å². The van der Waals surface area contributed by atoms with Crippen LogP contribution in [0, 0.1) is 11.6 Å². The number of hydrogen-bond donors (Lipinski definition) is 2. The minimum Gasteiger partial charge on any atom is -0.364 e. The van der Waals surface area contributed by atoms with Gasteiger partial charge in [-0.15, -0.1) is 0 Å². The SMILES string of the molecule is C[C@@H]1C[NH+](CCC(=O)Nc2ccc(F)c(F)c2)C[C@@H](C)O1. The van der Waals surface area contributed by atoms with E-state index in [1.54, 1.807) is 0 Å². The molecule has 0 spiro atoms. The number of amides is 1. The van der Waals surface area contributed by atoms with Crippen LogP contribution in [0.5, 0.6) is 0 Å². The van der Waals surface area contributed by atoms with Crippen molar-refractivity contribution in [3.05, 3.63) is 29.8 Å². The van der Waals surface area contributed by atoms with Crippen LogP contribution in [0.2, 0.25) is 0 Å². The molecule has 1 fully saturated rings. The molecule has 1 heterocycles. The number of carbonyl (C=O) groups is 1. The first kappa shape index (κ1) is 15.9. The summed E-state index contributed by atoms with van der Waals surface area (Å²) in [7, 11) is 0. The van der Waals surface area contributed by atoms with Crippen molar-refractivity contribution in [3.8, 4) is 0 Å². The molecule has 0 saturated carbocycles. The Balaban J connectivity index is 1.80. The van der Waals surface area contributed by atoms with Gasteiger partial charge < -0.3 is 15.0 Å². The maximum absolute atomic E-state index is 13.0. The summed E-state index contributed by atoms with van der Waals surface area (Å²) in [6.45, 7) is 6.51. The van der Waals surface area contributed by atoms with Gasteiger partial charge in [-0.1, -0.05) is 0 Å². The molecule has 0 aliphatic carbocycles. The van der Waals surface area contributed by atoms with Crippen molar-refractivity contribution >= 4 is 11.6 Å². The second-order valence-electron chi connectivity index (χ2n) is 5.59. The molecule has 1 aliphatic heterocycles. The van der Waals surface area contributed by atoms with Gasteiger partial charge in [-0.05, 0) is 26.0 Å². The summed E-state index contributed by atoms with van der Waals surface area (Å²) in [6, 6.07) is 3.34. The molecule has 0 aromatic heterocycles. The summed E-state index contributed by atoms with van der Waals surface area (Å²) in [5.74, 6) is -2.08. The molecule has 6 heteroatoms. The zero-order valence-corrected chi connectivity index (χ0v) is 12.3. The second-order valence-corrected chi connectivity index (χ2v) is 5.59. The van der Waals surface area contributed by atoms with Crippen LogP contribution in [0.4, 0.5) is 14.5 Å². The Hall–Kier alpha value is -1.53. The summed E-state index contributed by atoms with van der Waals surface area (Å²) in [5.41, 5.74) is 0.276. The number of hydrogen-bond acceptors (Lipinski definition) is 2. The number of benzene rings is 1. The third-order valence-electron chi connectivity index (χ3n) is 3.53. The third kappa shape index (κ3) is 4.75. The fraction of sp³-hybridized carbons (Fsp3) is 0.533. The van der Waals surface area contributed by atoms with E-state index in [1.165, 1.54) is 11.0 Å². The molecule has 0 radical (unpaired) electrons. The zero-order chi connectivity index (χ0) is 15.4. The van der Waals surface area contributed by atoms with Gasteiger partial charge in [-0.3, -0.25) is 4.79 Å². The van der Waals surface area contributed by atoms with E-state index in [-0.39, 0.29) is 23.8 Å². The van der Waals surface area contributed by atoms with E-state index in [0.717, 1.165) is 25.2 Å². The van der Waals surface area contributed by atoms with Crippen molar-refractivity contribution in [2.24, 2.45) is 0 Å². The lowest BCUT2D eigenvalue weighted by atomic mass is 10.2. The Kier molecular flexibility index (Phi) is 5.25. The third-order valence-corrected chi connectivity index (χ3v) is 3.53. The molecule has 1 saturated heterocycles. The van der Waals surface area contributed by atoms with Crippen LogP contribution < -0.4 is 10.2 Å². The fourth-order valence-corrected chi connectivity index (χ4v) is 2.68. The highest BCUT2D eigenvalue weighted by Gasteiger charge is 2.25. The number of rotatable bonds is 4. The average Bonchev–Trinajstić information content (AvgIpc) is 2.40. The summed E-state index contributed by atoms with van der Waals surface area (Å²) in [4.78, 5) is 13.2. The number of morpholine rings is 1. The van der Waals surface area contributed by atoms with Crippen LogP contribution in [0.15, 0.2) is 18.2 Å².